The first-order valence-electron chi connectivity index (χ1n) is 6.68. The van der Waals surface area contributed by atoms with Gasteiger partial charge in [0.15, 0.2) is 0 Å². The minimum absolute atomic E-state index is 0.454. The predicted molar refractivity (Wildman–Crippen MR) is 79.0 cm³/mol. The summed E-state index contributed by atoms with van der Waals surface area (Å²) in [4.78, 5) is 1.44. The van der Waals surface area contributed by atoms with Crippen molar-refractivity contribution in [3.63, 3.8) is 0 Å². The Balaban J connectivity index is 2.36. The normalized spacial score (nSPS) is 21.7. The number of hydrogen-bond acceptors (Lipinski definition) is 4. The maximum Gasteiger partial charge on any atom is 0.244 e. The molecule has 0 amide bonds. The van der Waals surface area contributed by atoms with Crippen LogP contribution in [-0.4, -0.2) is 32.9 Å². The maximum absolute atomic E-state index is 12.8. The molecule has 108 valence electrons. The van der Waals surface area contributed by atoms with Crippen molar-refractivity contribution in [1.82, 2.24) is 9.62 Å². The molecule has 19 heavy (non-hydrogen) atoms. The number of aryl methyl sites for hydroxylation is 1. The zero-order valence-electron chi connectivity index (χ0n) is 11.8. The smallest absolute Gasteiger partial charge is 0.244 e. The van der Waals surface area contributed by atoms with E-state index in [0.29, 0.717) is 30.4 Å². The zero-order valence-corrected chi connectivity index (χ0v) is 13.4. The average molecular weight is 302 g/mol. The number of sulfonamides is 1. The standard InChI is InChI=1S/C13H22N2O2S2/c1-10-5-4-6-15(8-10)19(16,17)13-11(2)9-18-12(13)7-14-3/h9-10,14H,4-8H2,1-3H3. The van der Waals surface area contributed by atoms with Crippen molar-refractivity contribution in [3.8, 4) is 0 Å². The molecule has 2 rings (SSSR count). The topological polar surface area (TPSA) is 49.4 Å². The van der Waals surface area contributed by atoms with Crippen LogP contribution in [0.5, 0.6) is 0 Å². The summed E-state index contributed by atoms with van der Waals surface area (Å²) in [5.41, 5.74) is 0.869. The first-order chi connectivity index (χ1) is 8.96. The second-order valence-electron chi connectivity index (χ2n) is 5.31. The molecule has 1 saturated heterocycles. The summed E-state index contributed by atoms with van der Waals surface area (Å²) in [6, 6.07) is 0. The lowest BCUT2D eigenvalue weighted by Gasteiger charge is -2.30. The summed E-state index contributed by atoms with van der Waals surface area (Å²) in [5.74, 6) is 0.454. The van der Waals surface area contributed by atoms with E-state index in [1.807, 2.05) is 19.4 Å². The highest BCUT2D eigenvalue weighted by Gasteiger charge is 2.32. The van der Waals surface area contributed by atoms with Crippen LogP contribution in [0.2, 0.25) is 0 Å². The van der Waals surface area contributed by atoms with Crippen LogP contribution in [-0.2, 0) is 16.6 Å². The number of nitrogens with one attached hydrogen (secondary N) is 1. The number of nitrogens with zero attached hydrogens (tertiary/aromatic N) is 1. The molecule has 1 unspecified atom stereocenters. The SMILES string of the molecule is CNCc1scc(C)c1S(=O)(=O)N1CCCC(C)C1. The number of hydrogen-bond donors (Lipinski definition) is 1. The van der Waals surface area contributed by atoms with Crippen molar-refractivity contribution in [2.45, 2.75) is 38.1 Å². The fourth-order valence-electron chi connectivity index (χ4n) is 2.61. The third kappa shape index (κ3) is 3.02. The molecular formula is C13H22N2O2S2. The van der Waals surface area contributed by atoms with Crippen LogP contribution in [0.25, 0.3) is 0 Å². The lowest BCUT2D eigenvalue weighted by molar-refractivity contribution is 0.281. The molecule has 6 heteroatoms. The molecule has 0 spiro atoms. The molecule has 0 radical (unpaired) electrons. The van der Waals surface area contributed by atoms with Gasteiger partial charge in [-0.3, -0.25) is 0 Å². The summed E-state index contributed by atoms with van der Waals surface area (Å²) in [5, 5.41) is 4.99. The molecule has 1 aliphatic heterocycles. The van der Waals surface area contributed by atoms with E-state index in [1.165, 1.54) is 11.3 Å². The quantitative estimate of drug-likeness (QED) is 0.927. The Labute approximate surface area is 119 Å². The second kappa shape index (κ2) is 5.91. The molecule has 1 aliphatic rings. The molecule has 0 saturated carbocycles. The van der Waals surface area contributed by atoms with Crippen LogP contribution in [0.15, 0.2) is 10.3 Å². The minimum Gasteiger partial charge on any atom is -0.315 e. The lowest BCUT2D eigenvalue weighted by atomic mass is 10.0. The molecule has 0 aliphatic carbocycles. The monoisotopic (exact) mass is 302 g/mol. The van der Waals surface area contributed by atoms with Crippen LogP contribution >= 0.6 is 11.3 Å². The first-order valence-corrected chi connectivity index (χ1v) is 9.00. The Morgan fingerprint density at radius 2 is 2.26 bits per heavy atom. The Kier molecular flexibility index (Phi) is 4.66. The molecule has 0 bridgehead atoms. The largest absolute Gasteiger partial charge is 0.315 e. The number of rotatable bonds is 4. The van der Waals surface area contributed by atoms with Crippen LogP contribution in [0.1, 0.15) is 30.2 Å². The Hall–Kier alpha value is -0.430. The van der Waals surface area contributed by atoms with E-state index in [2.05, 4.69) is 12.2 Å². The second-order valence-corrected chi connectivity index (χ2v) is 8.15. The molecule has 1 N–H and O–H groups in total. The van der Waals surface area contributed by atoms with Crippen LogP contribution < -0.4 is 5.32 Å². The zero-order chi connectivity index (χ0) is 14.0. The van der Waals surface area contributed by atoms with Crippen molar-refractivity contribution in [3.05, 3.63) is 15.8 Å². The van der Waals surface area contributed by atoms with Gasteiger partial charge in [-0.05, 0) is 43.7 Å². The van der Waals surface area contributed by atoms with Gasteiger partial charge in [-0.25, -0.2) is 8.42 Å². The fourth-order valence-corrected chi connectivity index (χ4v) is 5.98. The van der Waals surface area contributed by atoms with Crippen LogP contribution in [0.3, 0.4) is 0 Å². The van der Waals surface area contributed by atoms with Gasteiger partial charge in [0.2, 0.25) is 10.0 Å². The number of piperidine rings is 1. The van der Waals surface area contributed by atoms with Gasteiger partial charge in [0.25, 0.3) is 0 Å². The van der Waals surface area contributed by atoms with Gasteiger partial charge in [-0.2, -0.15) is 4.31 Å². The summed E-state index contributed by atoms with van der Waals surface area (Å²) in [7, 11) is -1.49. The van der Waals surface area contributed by atoms with Crippen molar-refractivity contribution in [2.24, 2.45) is 5.92 Å². The summed E-state index contributed by atoms with van der Waals surface area (Å²) < 4.78 is 27.3. The minimum atomic E-state index is -3.33. The van der Waals surface area contributed by atoms with E-state index in [-0.39, 0.29) is 0 Å². The van der Waals surface area contributed by atoms with Crippen molar-refractivity contribution >= 4 is 21.4 Å². The fraction of sp³-hybridized carbons (Fsp3) is 0.692. The highest BCUT2D eigenvalue weighted by atomic mass is 32.2. The molecule has 2 heterocycles. The van der Waals surface area contributed by atoms with E-state index < -0.39 is 10.0 Å². The van der Waals surface area contributed by atoms with Gasteiger partial charge < -0.3 is 5.32 Å². The van der Waals surface area contributed by atoms with E-state index in [4.69, 9.17) is 0 Å². The van der Waals surface area contributed by atoms with Gasteiger partial charge in [0.1, 0.15) is 4.90 Å². The van der Waals surface area contributed by atoms with Crippen molar-refractivity contribution in [2.75, 3.05) is 20.1 Å². The van der Waals surface area contributed by atoms with Crippen molar-refractivity contribution < 1.29 is 8.42 Å². The third-order valence-corrected chi connectivity index (χ3v) is 6.87. The summed E-state index contributed by atoms with van der Waals surface area (Å²) in [6.45, 7) is 5.92. The Bertz CT molecular complexity index is 537. The van der Waals surface area contributed by atoms with Crippen LogP contribution in [0.4, 0.5) is 0 Å². The van der Waals surface area contributed by atoms with Gasteiger partial charge in [0, 0.05) is 24.5 Å². The van der Waals surface area contributed by atoms with Gasteiger partial charge in [-0.15, -0.1) is 11.3 Å². The highest BCUT2D eigenvalue weighted by molar-refractivity contribution is 7.89. The van der Waals surface area contributed by atoms with Gasteiger partial charge in [0.05, 0.1) is 0 Å². The number of thiophene rings is 1. The average Bonchev–Trinajstić information content (AvgIpc) is 2.71. The first kappa shape index (κ1) is 15.0. The molecule has 1 atom stereocenters. The highest BCUT2D eigenvalue weighted by Crippen LogP contribution is 2.31. The maximum atomic E-state index is 12.8. The molecular weight excluding hydrogens is 280 g/mol. The van der Waals surface area contributed by atoms with Crippen LogP contribution in [0, 0.1) is 12.8 Å². The van der Waals surface area contributed by atoms with E-state index in [1.54, 1.807) is 4.31 Å². The molecule has 1 aromatic heterocycles. The van der Waals surface area contributed by atoms with Gasteiger partial charge in [-0.1, -0.05) is 6.92 Å². The Morgan fingerprint density at radius 3 is 2.89 bits per heavy atom. The van der Waals surface area contributed by atoms with E-state index in [0.717, 1.165) is 23.3 Å². The molecule has 0 aromatic carbocycles. The molecule has 1 aromatic rings. The summed E-state index contributed by atoms with van der Waals surface area (Å²) in [6.07, 6.45) is 2.09. The molecule has 1 fully saturated rings. The van der Waals surface area contributed by atoms with E-state index >= 15 is 0 Å². The van der Waals surface area contributed by atoms with Gasteiger partial charge >= 0.3 is 0 Å². The Morgan fingerprint density at radius 1 is 1.53 bits per heavy atom. The van der Waals surface area contributed by atoms with E-state index in [9.17, 15) is 8.42 Å². The molecule has 4 nitrogen and oxygen atoms in total. The summed E-state index contributed by atoms with van der Waals surface area (Å²) >= 11 is 1.52. The lowest BCUT2D eigenvalue weighted by Crippen LogP contribution is -2.39. The third-order valence-electron chi connectivity index (χ3n) is 3.54. The van der Waals surface area contributed by atoms with Crippen molar-refractivity contribution in [1.29, 1.82) is 0 Å². The predicted octanol–water partition coefficient (Wildman–Crippen LogP) is 2.20.